The molecular weight excluding hydrogens is 1230 g/mol. The highest BCUT2D eigenvalue weighted by atomic mass is 32.1. The smallest absolute Gasteiger partial charge is 0.145 e. The summed E-state index contributed by atoms with van der Waals surface area (Å²) in [6, 6.07) is 124. The molecule has 0 aliphatic rings. The van der Waals surface area contributed by atoms with Crippen LogP contribution in [0.5, 0.6) is 0 Å². The van der Waals surface area contributed by atoms with Gasteiger partial charge in [-0.2, -0.15) is 0 Å². The first kappa shape index (κ1) is 56.1. The van der Waals surface area contributed by atoms with E-state index in [-0.39, 0.29) is 0 Å². The lowest BCUT2D eigenvalue weighted by Crippen LogP contribution is -2.11. The molecule has 98 heavy (non-hydrogen) atoms. The van der Waals surface area contributed by atoms with Gasteiger partial charge in [0, 0.05) is 79.3 Å². The molecule has 16 aromatic carbocycles. The number of nitrogens with zero attached hydrogens (tertiary/aromatic N) is 2. The van der Waals surface area contributed by atoms with Gasteiger partial charge in [0.05, 0.1) is 27.8 Å². The third-order valence-electron chi connectivity index (χ3n) is 19.8. The zero-order valence-electron chi connectivity index (χ0n) is 52.9. The van der Waals surface area contributed by atoms with Crippen LogP contribution in [0.3, 0.4) is 0 Å². The lowest BCUT2D eigenvalue weighted by molar-refractivity contribution is 0.669. The van der Waals surface area contributed by atoms with E-state index in [2.05, 4.69) is 343 Å². The molecule has 0 spiro atoms. The van der Waals surface area contributed by atoms with Gasteiger partial charge in [-0.25, -0.2) is 0 Å². The zero-order chi connectivity index (χ0) is 64.4. The van der Waals surface area contributed by atoms with Crippen molar-refractivity contribution in [3.05, 3.63) is 340 Å². The minimum atomic E-state index is 0.827. The average molecular weight is 1290 g/mol. The number of para-hydroxylation sites is 3. The van der Waals surface area contributed by atoms with Crippen molar-refractivity contribution < 1.29 is 8.83 Å². The molecule has 6 heteroatoms. The number of rotatable bonds is 11. The van der Waals surface area contributed by atoms with Crippen LogP contribution >= 0.6 is 22.7 Å². The predicted octanol–water partition coefficient (Wildman–Crippen LogP) is 27.8. The fourth-order valence-corrected chi connectivity index (χ4v) is 17.8. The molecule has 458 valence electrons. The second kappa shape index (κ2) is 22.7. The Balaban J connectivity index is 0.751. The third-order valence-corrected chi connectivity index (χ3v) is 22.1. The first-order valence-corrected chi connectivity index (χ1v) is 34.9. The summed E-state index contributed by atoms with van der Waals surface area (Å²) in [6.07, 6.45) is 0. The molecule has 0 atom stereocenters. The molecule has 0 unspecified atom stereocenters. The number of hydrogen-bond donors (Lipinski definition) is 0. The van der Waals surface area contributed by atoms with Crippen molar-refractivity contribution in [3.8, 4) is 55.6 Å². The average Bonchev–Trinajstić information content (AvgIpc) is 1.52. The van der Waals surface area contributed by atoms with E-state index in [0.717, 1.165) is 128 Å². The van der Waals surface area contributed by atoms with Crippen molar-refractivity contribution in [3.63, 3.8) is 0 Å². The SMILES string of the molecule is c1cc(-c2cccc3sc4ccccc4c23)cc(N(c2ccccc2-c2cccc3cc(-c4ccc(N(c5cccc(-c6cccc7ccccc67)c5)c5cccc(-c6cccc7sc8ccccc8c67)c5)c5c4oc4ccccc45)ccc23)c2cccc3oc4ccccc4c23)c1. The van der Waals surface area contributed by atoms with Gasteiger partial charge in [0.2, 0.25) is 0 Å². The molecule has 4 nitrogen and oxygen atoms in total. The van der Waals surface area contributed by atoms with Crippen molar-refractivity contribution in [1.29, 1.82) is 0 Å². The summed E-state index contributed by atoms with van der Waals surface area (Å²) >= 11 is 3.71. The topological polar surface area (TPSA) is 32.8 Å². The quantitative estimate of drug-likeness (QED) is 0.129. The number of benzene rings is 16. The number of thiophene rings is 2. The lowest BCUT2D eigenvalue weighted by Gasteiger charge is -2.29. The summed E-state index contributed by atoms with van der Waals surface area (Å²) in [5, 5.41) is 14.0. The fourth-order valence-electron chi connectivity index (χ4n) is 15.5. The van der Waals surface area contributed by atoms with Crippen LogP contribution in [-0.2, 0) is 0 Å². The van der Waals surface area contributed by atoms with Crippen molar-refractivity contribution in [2.75, 3.05) is 9.80 Å². The minimum absolute atomic E-state index is 0.827. The Hall–Kier alpha value is -12.3. The van der Waals surface area contributed by atoms with Crippen LogP contribution < -0.4 is 9.80 Å². The molecule has 20 aromatic rings. The van der Waals surface area contributed by atoms with Crippen LogP contribution in [0.2, 0.25) is 0 Å². The molecule has 20 rings (SSSR count). The van der Waals surface area contributed by atoms with Gasteiger partial charge in [-0.05, 0) is 175 Å². The van der Waals surface area contributed by atoms with Crippen LogP contribution in [-0.4, -0.2) is 0 Å². The summed E-state index contributed by atoms with van der Waals surface area (Å²) < 4.78 is 19.0. The molecule has 0 amide bonds. The summed E-state index contributed by atoms with van der Waals surface area (Å²) in [5.41, 5.74) is 20.9. The summed E-state index contributed by atoms with van der Waals surface area (Å²) in [4.78, 5) is 4.90. The second-order valence-corrected chi connectivity index (χ2v) is 27.5. The molecule has 0 bridgehead atoms. The number of anilines is 6. The summed E-state index contributed by atoms with van der Waals surface area (Å²) in [5.74, 6) is 0. The molecule has 0 saturated carbocycles. The molecule has 0 aliphatic heterocycles. The second-order valence-electron chi connectivity index (χ2n) is 25.3. The van der Waals surface area contributed by atoms with E-state index in [9.17, 15) is 0 Å². The molecule has 0 aliphatic carbocycles. The lowest BCUT2D eigenvalue weighted by atomic mass is 9.92. The molecular formula is C92H56N2O2S2. The standard InChI is InChI=1S/C92H56N2O2S2/c1-2-30-66-57(21-1)22-16-36-67(66)59-23-13-27-63(54-59)93(64-28-14-24-60(55-64)69-37-18-47-86-88(69)76-34-6-11-45-84(76)97-86)80-52-51-71(92-91(80)75-33-5-10-43-82(75)96-92)62-49-50-68-58(53-62)26-17-39-72(68)73-31-3-8-40-78(73)94(79-41-20-44-83-90(79)74-32-4-9-42-81(74)95-83)65-29-15-25-61(56-65)70-38-19-48-87-89(70)77-35-7-12-46-85(77)98-87/h1-56H. The Labute approximate surface area is 572 Å². The van der Waals surface area contributed by atoms with Gasteiger partial charge in [-0.1, -0.05) is 231 Å². The maximum atomic E-state index is 7.23. The third kappa shape index (κ3) is 9.03. The first-order valence-electron chi connectivity index (χ1n) is 33.3. The first-order chi connectivity index (χ1) is 48.6. The van der Waals surface area contributed by atoms with Crippen molar-refractivity contribution in [1.82, 2.24) is 0 Å². The van der Waals surface area contributed by atoms with Gasteiger partial charge < -0.3 is 18.6 Å². The Morgan fingerprint density at radius 3 is 1.35 bits per heavy atom. The molecule has 0 N–H and O–H groups in total. The van der Waals surface area contributed by atoms with E-state index >= 15 is 0 Å². The van der Waals surface area contributed by atoms with Gasteiger partial charge >= 0.3 is 0 Å². The summed E-state index contributed by atoms with van der Waals surface area (Å²) in [7, 11) is 0. The number of fused-ring (bicyclic) bond motifs is 14. The van der Waals surface area contributed by atoms with E-state index < -0.39 is 0 Å². The van der Waals surface area contributed by atoms with Gasteiger partial charge in [0.15, 0.2) is 0 Å². The fraction of sp³-hybridized carbons (Fsp3) is 0. The van der Waals surface area contributed by atoms with E-state index in [4.69, 9.17) is 8.83 Å². The zero-order valence-corrected chi connectivity index (χ0v) is 54.5. The Morgan fingerprint density at radius 1 is 0.214 bits per heavy atom. The van der Waals surface area contributed by atoms with Crippen molar-refractivity contribution >= 4 is 163 Å². The number of hydrogen-bond acceptors (Lipinski definition) is 6. The predicted molar refractivity (Wildman–Crippen MR) is 418 cm³/mol. The molecule has 0 radical (unpaired) electrons. The van der Waals surface area contributed by atoms with Gasteiger partial charge in [-0.15, -0.1) is 22.7 Å². The molecule has 0 fully saturated rings. The maximum Gasteiger partial charge on any atom is 0.145 e. The molecule has 4 heterocycles. The van der Waals surface area contributed by atoms with Gasteiger partial charge in [-0.3, -0.25) is 0 Å². The number of furan rings is 2. The highest BCUT2D eigenvalue weighted by Crippen LogP contribution is 2.52. The van der Waals surface area contributed by atoms with Crippen LogP contribution in [0.25, 0.3) is 161 Å². The monoisotopic (exact) mass is 1280 g/mol. The van der Waals surface area contributed by atoms with Gasteiger partial charge in [0.1, 0.15) is 22.3 Å². The Kier molecular flexibility index (Phi) is 13.0. The molecule has 4 aromatic heterocycles. The van der Waals surface area contributed by atoms with Crippen molar-refractivity contribution in [2.45, 2.75) is 0 Å². The maximum absolute atomic E-state index is 7.23. The Morgan fingerprint density at radius 2 is 0.653 bits per heavy atom. The highest BCUT2D eigenvalue weighted by Gasteiger charge is 2.27. The van der Waals surface area contributed by atoms with Crippen LogP contribution in [0.15, 0.2) is 349 Å². The van der Waals surface area contributed by atoms with E-state index in [1.807, 2.05) is 28.7 Å². The van der Waals surface area contributed by atoms with Crippen molar-refractivity contribution in [2.24, 2.45) is 0 Å². The van der Waals surface area contributed by atoms with Gasteiger partial charge in [0.25, 0.3) is 0 Å². The minimum Gasteiger partial charge on any atom is -0.456 e. The van der Waals surface area contributed by atoms with Crippen LogP contribution in [0.4, 0.5) is 34.1 Å². The van der Waals surface area contributed by atoms with E-state index in [0.29, 0.717) is 0 Å². The normalized spacial score (nSPS) is 11.9. The summed E-state index contributed by atoms with van der Waals surface area (Å²) in [6.45, 7) is 0. The largest absolute Gasteiger partial charge is 0.456 e. The van der Waals surface area contributed by atoms with E-state index in [1.165, 1.54) is 67.8 Å². The Bertz CT molecular complexity index is 6620. The molecule has 0 saturated heterocycles. The highest BCUT2D eigenvalue weighted by molar-refractivity contribution is 7.26. The van der Waals surface area contributed by atoms with Crippen LogP contribution in [0.1, 0.15) is 0 Å². The van der Waals surface area contributed by atoms with Crippen LogP contribution in [0, 0.1) is 0 Å². The van der Waals surface area contributed by atoms with E-state index in [1.54, 1.807) is 0 Å².